The first kappa shape index (κ1) is 17.9. The average molecular weight is 362 g/mol. The predicted octanol–water partition coefficient (Wildman–Crippen LogP) is 4.29. The molecule has 0 spiro atoms. The van der Waals surface area contributed by atoms with E-state index in [1.807, 2.05) is 20.9 Å². The maximum absolute atomic E-state index is 12.3. The van der Waals surface area contributed by atoms with E-state index in [0.29, 0.717) is 16.5 Å². The van der Waals surface area contributed by atoms with Gasteiger partial charge in [0.15, 0.2) is 5.13 Å². The topological polar surface area (TPSA) is 71.8 Å². The minimum atomic E-state index is -0.266. The van der Waals surface area contributed by atoms with Crippen LogP contribution in [-0.4, -0.2) is 20.8 Å². The van der Waals surface area contributed by atoms with Gasteiger partial charge in [0.05, 0.1) is 22.8 Å². The maximum Gasteiger partial charge on any atom is 0.325 e. The van der Waals surface area contributed by atoms with E-state index in [0.717, 1.165) is 35.6 Å². The molecular formula is C18H27N5OS. The molecule has 0 saturated heterocycles. The van der Waals surface area contributed by atoms with E-state index in [-0.39, 0.29) is 6.03 Å². The molecule has 25 heavy (non-hydrogen) atoms. The molecule has 1 aliphatic carbocycles. The molecule has 0 aromatic carbocycles. The van der Waals surface area contributed by atoms with Crippen LogP contribution >= 0.6 is 11.3 Å². The molecule has 7 heteroatoms. The van der Waals surface area contributed by atoms with E-state index >= 15 is 0 Å². The Kier molecular flexibility index (Phi) is 4.62. The molecule has 2 aromatic heterocycles. The Morgan fingerprint density at radius 1 is 1.28 bits per heavy atom. The van der Waals surface area contributed by atoms with Gasteiger partial charge in [-0.05, 0) is 44.4 Å². The molecule has 0 saturated carbocycles. The Balaban J connectivity index is 1.68. The van der Waals surface area contributed by atoms with Crippen LogP contribution in [0.15, 0.2) is 0 Å². The highest BCUT2D eigenvalue weighted by Crippen LogP contribution is 2.40. The smallest absolute Gasteiger partial charge is 0.304 e. The Labute approximate surface area is 153 Å². The van der Waals surface area contributed by atoms with Crippen LogP contribution in [-0.2, 0) is 19.9 Å². The third-order valence-corrected chi connectivity index (χ3v) is 6.17. The highest BCUT2D eigenvalue weighted by molar-refractivity contribution is 7.15. The number of anilines is 2. The van der Waals surface area contributed by atoms with E-state index in [4.69, 9.17) is 0 Å². The van der Waals surface area contributed by atoms with Gasteiger partial charge in [-0.25, -0.2) is 9.78 Å². The first-order chi connectivity index (χ1) is 11.6. The molecule has 6 nitrogen and oxygen atoms in total. The second-order valence-electron chi connectivity index (χ2n) is 7.94. The van der Waals surface area contributed by atoms with Crippen molar-refractivity contribution in [3.8, 4) is 0 Å². The number of hydrogen-bond donors (Lipinski definition) is 2. The zero-order valence-electron chi connectivity index (χ0n) is 15.9. The number of fused-ring (bicyclic) bond motifs is 1. The number of aromatic nitrogens is 3. The number of urea groups is 1. The van der Waals surface area contributed by atoms with Gasteiger partial charge < -0.3 is 5.32 Å². The molecule has 1 aliphatic rings. The van der Waals surface area contributed by atoms with E-state index in [1.165, 1.54) is 11.3 Å². The van der Waals surface area contributed by atoms with Gasteiger partial charge in [0.1, 0.15) is 0 Å². The number of rotatable bonds is 2. The summed E-state index contributed by atoms with van der Waals surface area (Å²) in [5.41, 5.74) is 3.95. The van der Waals surface area contributed by atoms with Crippen molar-refractivity contribution in [3.63, 3.8) is 0 Å². The number of carbonyl (C=O) groups excluding carboxylic acids is 1. The van der Waals surface area contributed by atoms with Gasteiger partial charge in [0.25, 0.3) is 0 Å². The molecule has 2 aromatic rings. The number of aryl methyl sites for hydroxylation is 3. The van der Waals surface area contributed by atoms with Crippen LogP contribution in [0.4, 0.5) is 15.6 Å². The van der Waals surface area contributed by atoms with Crippen LogP contribution in [0, 0.1) is 25.2 Å². The third kappa shape index (κ3) is 3.71. The summed E-state index contributed by atoms with van der Waals surface area (Å²) in [6.07, 6.45) is 3.22. The molecule has 2 heterocycles. The highest BCUT2D eigenvalue weighted by Gasteiger charge is 2.30. The highest BCUT2D eigenvalue weighted by atomic mass is 32.1. The number of hydrogen-bond acceptors (Lipinski definition) is 4. The molecular weight excluding hydrogens is 334 g/mol. The lowest BCUT2D eigenvalue weighted by atomic mass is 9.73. The van der Waals surface area contributed by atoms with Crippen molar-refractivity contribution in [2.24, 2.45) is 18.4 Å². The molecule has 0 fully saturated rings. The molecule has 0 bridgehead atoms. The summed E-state index contributed by atoms with van der Waals surface area (Å²) in [5, 5.41) is 10.8. The molecule has 136 valence electrons. The van der Waals surface area contributed by atoms with Crippen molar-refractivity contribution in [2.45, 2.75) is 53.9 Å². The molecule has 2 amide bonds. The zero-order valence-corrected chi connectivity index (χ0v) is 16.7. The standard InChI is InChI=1S/C18H27N5OS/c1-10-15(11(2)23(6)22-10)20-16(24)21-17-19-13-8-7-12(18(3,4)5)9-14(13)25-17/h12H,7-9H2,1-6H3,(H2,19,20,21,24). The molecule has 0 aliphatic heterocycles. The van der Waals surface area contributed by atoms with Crippen molar-refractivity contribution in [3.05, 3.63) is 22.0 Å². The van der Waals surface area contributed by atoms with E-state index in [1.54, 1.807) is 16.0 Å². The lowest BCUT2D eigenvalue weighted by molar-refractivity contribution is 0.217. The van der Waals surface area contributed by atoms with Gasteiger partial charge >= 0.3 is 6.03 Å². The van der Waals surface area contributed by atoms with Crippen molar-refractivity contribution < 1.29 is 4.79 Å². The largest absolute Gasteiger partial charge is 0.325 e. The van der Waals surface area contributed by atoms with Crippen molar-refractivity contribution in [1.82, 2.24) is 14.8 Å². The number of thiazole rings is 1. The lowest BCUT2D eigenvalue weighted by Crippen LogP contribution is -2.26. The number of nitrogens with one attached hydrogen (secondary N) is 2. The molecule has 1 unspecified atom stereocenters. The van der Waals surface area contributed by atoms with Crippen molar-refractivity contribution >= 4 is 28.2 Å². The fourth-order valence-corrected chi connectivity index (χ4v) is 4.45. The fraction of sp³-hybridized carbons (Fsp3) is 0.611. The fourth-order valence-electron chi connectivity index (χ4n) is 3.36. The summed E-state index contributed by atoms with van der Waals surface area (Å²) in [6, 6.07) is -0.266. The number of nitrogens with zero attached hydrogens (tertiary/aromatic N) is 3. The van der Waals surface area contributed by atoms with E-state index in [2.05, 4.69) is 41.5 Å². The summed E-state index contributed by atoms with van der Waals surface area (Å²) < 4.78 is 1.76. The number of amides is 2. The van der Waals surface area contributed by atoms with Crippen molar-refractivity contribution in [1.29, 1.82) is 0 Å². The van der Waals surface area contributed by atoms with Crippen LogP contribution in [0.5, 0.6) is 0 Å². The van der Waals surface area contributed by atoms with Crippen LogP contribution in [0.3, 0.4) is 0 Å². The zero-order chi connectivity index (χ0) is 18.4. The Bertz CT molecular complexity index is 799. The van der Waals surface area contributed by atoms with Crippen LogP contribution in [0.1, 0.15) is 49.2 Å². The maximum atomic E-state index is 12.3. The van der Waals surface area contributed by atoms with E-state index < -0.39 is 0 Å². The Morgan fingerprint density at radius 2 is 2.00 bits per heavy atom. The number of carbonyl (C=O) groups is 1. The first-order valence-corrected chi connectivity index (χ1v) is 9.53. The van der Waals surface area contributed by atoms with Gasteiger partial charge in [-0.1, -0.05) is 20.8 Å². The minimum Gasteiger partial charge on any atom is -0.304 e. The Hall–Kier alpha value is -1.89. The molecule has 0 radical (unpaired) electrons. The second-order valence-corrected chi connectivity index (χ2v) is 9.03. The monoisotopic (exact) mass is 361 g/mol. The summed E-state index contributed by atoms with van der Waals surface area (Å²) in [5.74, 6) is 0.669. The normalized spacial score (nSPS) is 17.3. The molecule has 1 atom stereocenters. The lowest BCUT2D eigenvalue weighted by Gasteiger charge is -2.33. The third-order valence-electron chi connectivity index (χ3n) is 5.13. The first-order valence-electron chi connectivity index (χ1n) is 8.72. The van der Waals surface area contributed by atoms with Gasteiger partial charge in [0.2, 0.25) is 0 Å². The van der Waals surface area contributed by atoms with Gasteiger partial charge in [-0.2, -0.15) is 5.10 Å². The minimum absolute atomic E-state index is 0.266. The summed E-state index contributed by atoms with van der Waals surface area (Å²) in [7, 11) is 1.87. The van der Waals surface area contributed by atoms with E-state index in [9.17, 15) is 4.79 Å². The predicted molar refractivity (Wildman–Crippen MR) is 102 cm³/mol. The summed E-state index contributed by atoms with van der Waals surface area (Å²) in [6.45, 7) is 10.7. The molecule has 3 rings (SSSR count). The average Bonchev–Trinajstić information content (AvgIpc) is 3.01. The van der Waals surface area contributed by atoms with Crippen LogP contribution in [0.2, 0.25) is 0 Å². The summed E-state index contributed by atoms with van der Waals surface area (Å²) in [4.78, 5) is 18.3. The second kappa shape index (κ2) is 6.44. The van der Waals surface area contributed by atoms with Gasteiger partial charge in [-0.15, -0.1) is 11.3 Å². The van der Waals surface area contributed by atoms with Crippen molar-refractivity contribution in [2.75, 3.05) is 10.6 Å². The summed E-state index contributed by atoms with van der Waals surface area (Å²) >= 11 is 1.60. The van der Waals surface area contributed by atoms with Crippen LogP contribution in [0.25, 0.3) is 0 Å². The SMILES string of the molecule is Cc1nn(C)c(C)c1NC(=O)Nc1nc2c(s1)CC(C(C)(C)C)CC2. The van der Waals surface area contributed by atoms with Gasteiger partial charge in [-0.3, -0.25) is 10.00 Å². The Morgan fingerprint density at radius 3 is 2.60 bits per heavy atom. The molecule has 2 N–H and O–H groups in total. The quantitative estimate of drug-likeness (QED) is 0.838. The van der Waals surface area contributed by atoms with Crippen LogP contribution < -0.4 is 10.6 Å². The van der Waals surface area contributed by atoms with Gasteiger partial charge in [0, 0.05) is 11.9 Å².